The Bertz CT molecular complexity index is 998. The van der Waals surface area contributed by atoms with Crippen molar-refractivity contribution in [2.75, 3.05) is 44.1 Å². The molecule has 1 aliphatic carbocycles. The van der Waals surface area contributed by atoms with E-state index < -0.39 is 11.4 Å². The van der Waals surface area contributed by atoms with Crippen LogP contribution in [0.3, 0.4) is 0 Å². The first kappa shape index (κ1) is 27.0. The van der Waals surface area contributed by atoms with Crippen molar-refractivity contribution in [2.45, 2.75) is 69.1 Å². The molecule has 36 heavy (non-hydrogen) atoms. The predicted molar refractivity (Wildman–Crippen MR) is 142 cm³/mol. The van der Waals surface area contributed by atoms with Crippen molar-refractivity contribution in [1.29, 1.82) is 0 Å². The molecule has 0 unspecified atom stereocenters. The maximum atomic E-state index is 14.5. The third-order valence-corrected chi connectivity index (χ3v) is 7.39. The lowest BCUT2D eigenvalue weighted by atomic mass is 9.90. The molecule has 5 N–H and O–H groups in total. The van der Waals surface area contributed by atoms with E-state index in [2.05, 4.69) is 32.8 Å². The number of pyridine rings is 2. The molecule has 0 bridgehead atoms. The smallest absolute Gasteiger partial charge is 0.165 e. The van der Waals surface area contributed by atoms with E-state index in [1.165, 1.54) is 6.07 Å². The number of hydrogen-bond acceptors (Lipinski definition) is 8. The Hall–Kier alpha value is -2.04. The van der Waals surface area contributed by atoms with Gasteiger partial charge < -0.3 is 31.2 Å². The van der Waals surface area contributed by atoms with Gasteiger partial charge in [-0.15, -0.1) is 0 Å². The Labute approximate surface area is 217 Å². The fourth-order valence-electron chi connectivity index (χ4n) is 4.96. The van der Waals surface area contributed by atoms with Crippen LogP contribution in [0.1, 0.15) is 45.4 Å². The van der Waals surface area contributed by atoms with Crippen LogP contribution in [-0.2, 0) is 9.47 Å². The molecular weight excluding hydrogens is 483 g/mol. The van der Waals surface area contributed by atoms with Crippen molar-refractivity contribution < 1.29 is 13.9 Å². The highest BCUT2D eigenvalue weighted by atomic mass is 35.5. The van der Waals surface area contributed by atoms with Crippen LogP contribution in [0.15, 0.2) is 24.4 Å². The van der Waals surface area contributed by atoms with Gasteiger partial charge in [0, 0.05) is 62.3 Å². The Kier molecular flexibility index (Phi) is 9.35. The number of ether oxygens (including phenoxy) is 2. The highest BCUT2D eigenvalue weighted by Crippen LogP contribution is 2.31. The molecule has 10 heteroatoms. The molecule has 0 aromatic carbocycles. The Balaban J connectivity index is 1.39. The largest absolute Gasteiger partial charge is 0.383 e. The first-order valence-corrected chi connectivity index (χ1v) is 13.2. The van der Waals surface area contributed by atoms with Gasteiger partial charge >= 0.3 is 0 Å². The minimum absolute atomic E-state index is 0.166. The lowest BCUT2D eigenvalue weighted by Crippen LogP contribution is -2.50. The molecule has 0 radical (unpaired) electrons. The number of rotatable bonds is 10. The van der Waals surface area contributed by atoms with E-state index in [4.69, 9.17) is 26.8 Å². The number of halogens is 2. The number of anilines is 2. The van der Waals surface area contributed by atoms with Crippen LogP contribution in [0.25, 0.3) is 11.3 Å². The molecule has 2 aliphatic rings. The quantitative estimate of drug-likeness (QED) is 0.369. The van der Waals surface area contributed by atoms with Crippen LogP contribution < -0.4 is 21.7 Å². The van der Waals surface area contributed by atoms with Gasteiger partial charge in [0.25, 0.3) is 0 Å². The molecule has 2 aromatic heterocycles. The van der Waals surface area contributed by atoms with Gasteiger partial charge in [-0.1, -0.05) is 11.6 Å². The predicted octanol–water partition coefficient (Wildman–Crippen LogP) is 4.20. The zero-order chi connectivity index (χ0) is 25.5. The summed E-state index contributed by atoms with van der Waals surface area (Å²) in [6.45, 7) is 4.51. The lowest BCUT2D eigenvalue weighted by molar-refractivity contribution is 0.0574. The zero-order valence-electron chi connectivity index (χ0n) is 21.2. The summed E-state index contributed by atoms with van der Waals surface area (Å²) in [4.78, 5) is 9.00. The average Bonchev–Trinajstić information content (AvgIpc) is 2.87. The molecule has 3 heterocycles. The maximum absolute atomic E-state index is 14.5. The van der Waals surface area contributed by atoms with Crippen molar-refractivity contribution in [1.82, 2.24) is 15.3 Å². The van der Waals surface area contributed by atoms with Crippen molar-refractivity contribution >= 4 is 23.2 Å². The Morgan fingerprint density at radius 3 is 2.67 bits per heavy atom. The Morgan fingerprint density at radius 2 is 1.94 bits per heavy atom. The van der Waals surface area contributed by atoms with Crippen molar-refractivity contribution in [3.63, 3.8) is 0 Å². The molecule has 4 rings (SSSR count). The summed E-state index contributed by atoms with van der Waals surface area (Å²) in [5.41, 5.74) is 7.28. The third-order valence-electron chi connectivity index (χ3n) is 7.09. The summed E-state index contributed by atoms with van der Waals surface area (Å²) in [7, 11) is 1.73. The lowest BCUT2D eigenvalue weighted by Gasteiger charge is -2.33. The topological polar surface area (TPSA) is 106 Å². The highest BCUT2D eigenvalue weighted by Gasteiger charge is 2.28. The van der Waals surface area contributed by atoms with Gasteiger partial charge in [0.15, 0.2) is 11.6 Å². The molecule has 2 aromatic rings. The van der Waals surface area contributed by atoms with Gasteiger partial charge in [-0.05, 0) is 63.6 Å². The van der Waals surface area contributed by atoms with E-state index in [0.29, 0.717) is 60.8 Å². The van der Waals surface area contributed by atoms with Crippen LogP contribution in [-0.4, -0.2) is 67.1 Å². The SMILES string of the molecule is COC[C@H](C)N[C@H]1CC[C@H](Nc2cc(-c3ccc(F)c(NCC4(N)CCOCC4)n3)c(Cl)cn2)CC1. The van der Waals surface area contributed by atoms with Gasteiger partial charge in [0.1, 0.15) is 5.82 Å². The minimum atomic E-state index is -0.440. The fourth-order valence-corrected chi connectivity index (χ4v) is 5.16. The second kappa shape index (κ2) is 12.5. The minimum Gasteiger partial charge on any atom is -0.383 e. The van der Waals surface area contributed by atoms with Crippen LogP contribution in [0.5, 0.6) is 0 Å². The van der Waals surface area contributed by atoms with Gasteiger partial charge in [-0.2, -0.15) is 0 Å². The van der Waals surface area contributed by atoms with Crippen molar-refractivity contribution in [2.24, 2.45) is 5.73 Å². The standard InChI is InChI=1S/C26H38ClFN6O2/c1-17(15-35-2)32-18-3-5-19(6-4-18)33-24-13-20(21(27)14-30-24)23-8-7-22(28)25(34-23)31-16-26(29)9-11-36-12-10-26/h7-8,13-14,17-19,32H,3-6,9-12,15-16,29H2,1-2H3,(H,30,33)(H,31,34)/t17-,18-,19-/m0/s1. The summed E-state index contributed by atoms with van der Waals surface area (Å²) in [5.74, 6) is 0.477. The van der Waals surface area contributed by atoms with Crippen LogP contribution in [0.4, 0.5) is 16.0 Å². The van der Waals surface area contributed by atoms with E-state index in [1.54, 1.807) is 19.4 Å². The second-order valence-electron chi connectivity index (χ2n) is 10.1. The molecule has 2 fully saturated rings. The third kappa shape index (κ3) is 7.26. The normalized spacial score (nSPS) is 22.7. The van der Waals surface area contributed by atoms with E-state index in [-0.39, 0.29) is 5.82 Å². The highest BCUT2D eigenvalue weighted by molar-refractivity contribution is 6.33. The average molecular weight is 521 g/mol. The first-order valence-electron chi connectivity index (χ1n) is 12.8. The number of nitrogens with one attached hydrogen (secondary N) is 3. The van der Waals surface area contributed by atoms with Gasteiger partial charge in [-0.3, -0.25) is 0 Å². The fraction of sp³-hybridized carbons (Fsp3) is 0.615. The molecule has 1 saturated carbocycles. The van der Waals surface area contributed by atoms with E-state index >= 15 is 0 Å². The number of nitrogens with two attached hydrogens (primary N) is 1. The Morgan fingerprint density at radius 1 is 1.22 bits per heavy atom. The van der Waals surface area contributed by atoms with Crippen molar-refractivity contribution in [3.8, 4) is 11.3 Å². The molecule has 0 amide bonds. The summed E-state index contributed by atoms with van der Waals surface area (Å²) >= 11 is 6.48. The summed E-state index contributed by atoms with van der Waals surface area (Å²) in [5, 5.41) is 10.8. The number of aromatic nitrogens is 2. The molecule has 8 nitrogen and oxygen atoms in total. The van der Waals surface area contributed by atoms with Gasteiger partial charge in [0.05, 0.1) is 17.3 Å². The van der Waals surface area contributed by atoms with E-state index in [9.17, 15) is 4.39 Å². The second-order valence-corrected chi connectivity index (χ2v) is 10.5. The zero-order valence-corrected chi connectivity index (χ0v) is 21.9. The van der Waals surface area contributed by atoms with E-state index in [1.807, 2.05) is 6.07 Å². The van der Waals surface area contributed by atoms with Crippen LogP contribution in [0, 0.1) is 5.82 Å². The van der Waals surface area contributed by atoms with Crippen molar-refractivity contribution in [3.05, 3.63) is 35.2 Å². The monoisotopic (exact) mass is 520 g/mol. The summed E-state index contributed by atoms with van der Waals surface area (Å²) in [6.07, 6.45) is 7.34. The van der Waals surface area contributed by atoms with E-state index in [0.717, 1.165) is 44.3 Å². The number of methoxy groups -OCH3 is 1. The molecule has 0 spiro atoms. The molecule has 198 valence electrons. The molecular formula is C26H38ClFN6O2. The summed E-state index contributed by atoms with van der Waals surface area (Å²) in [6, 6.07) is 6.11. The van der Waals surface area contributed by atoms with Gasteiger partial charge in [0.2, 0.25) is 0 Å². The van der Waals surface area contributed by atoms with Crippen LogP contribution >= 0.6 is 11.6 Å². The molecule has 1 aliphatic heterocycles. The van der Waals surface area contributed by atoms with Crippen LogP contribution in [0.2, 0.25) is 5.02 Å². The first-order chi connectivity index (χ1) is 17.3. The molecule has 1 atom stereocenters. The summed E-state index contributed by atoms with van der Waals surface area (Å²) < 4.78 is 25.2. The molecule has 1 saturated heterocycles. The number of hydrogen-bond donors (Lipinski definition) is 4. The van der Waals surface area contributed by atoms with Gasteiger partial charge in [-0.25, -0.2) is 14.4 Å². The number of nitrogens with zero attached hydrogens (tertiary/aromatic N) is 2. The maximum Gasteiger partial charge on any atom is 0.165 e.